The highest BCUT2D eigenvalue weighted by atomic mass is 32.1. The highest BCUT2D eigenvalue weighted by Gasteiger charge is 2.25. The molecule has 1 aliphatic rings. The van der Waals surface area contributed by atoms with Crippen molar-refractivity contribution >= 4 is 56.1 Å². The van der Waals surface area contributed by atoms with Crippen LogP contribution in [0.1, 0.15) is 46.5 Å². The van der Waals surface area contributed by atoms with Gasteiger partial charge in [0.25, 0.3) is 0 Å². The standard InChI is InChI=1S/C23H24N2O2S2/c1-27-22(26)20-18-10-4-2-3-5-11-19(18)29-21(20)25-23(28)24-17-13-12-15-8-6-7-9-16(15)14-17/h6-9,12-14H,2-5,10-11H2,1H3,(H2,24,25,28). The van der Waals surface area contributed by atoms with Crippen LogP contribution in [0.3, 0.4) is 0 Å². The summed E-state index contributed by atoms with van der Waals surface area (Å²) in [5.74, 6) is -0.293. The summed E-state index contributed by atoms with van der Waals surface area (Å²) in [7, 11) is 1.44. The monoisotopic (exact) mass is 424 g/mol. The van der Waals surface area contributed by atoms with Gasteiger partial charge in [-0.2, -0.15) is 0 Å². The molecular formula is C23H24N2O2S2. The van der Waals surface area contributed by atoms with E-state index in [-0.39, 0.29) is 5.97 Å². The number of aryl methyl sites for hydroxylation is 1. The fraction of sp³-hybridized carbons (Fsp3) is 0.304. The molecule has 1 aliphatic carbocycles. The van der Waals surface area contributed by atoms with E-state index in [0.717, 1.165) is 47.3 Å². The predicted octanol–water partition coefficient (Wildman–Crippen LogP) is 6.16. The summed E-state index contributed by atoms with van der Waals surface area (Å²) in [5, 5.41) is 10.1. The minimum Gasteiger partial charge on any atom is -0.465 e. The molecule has 4 rings (SSSR count). The molecule has 29 heavy (non-hydrogen) atoms. The molecule has 6 heteroatoms. The molecule has 0 fully saturated rings. The Morgan fingerprint density at radius 3 is 2.55 bits per heavy atom. The number of hydrogen-bond donors (Lipinski definition) is 2. The Bertz CT molecular complexity index is 1060. The normalized spacial score (nSPS) is 13.8. The molecule has 3 aromatic rings. The van der Waals surface area contributed by atoms with Gasteiger partial charge in [-0.3, -0.25) is 0 Å². The average Bonchev–Trinajstić information content (AvgIpc) is 3.03. The lowest BCUT2D eigenvalue weighted by atomic mass is 9.96. The van der Waals surface area contributed by atoms with Crippen molar-refractivity contribution in [2.45, 2.75) is 38.5 Å². The zero-order valence-corrected chi connectivity index (χ0v) is 18.1. The third-order valence-corrected chi connectivity index (χ3v) is 6.71. The first-order valence-electron chi connectivity index (χ1n) is 9.95. The fourth-order valence-electron chi connectivity index (χ4n) is 3.86. The molecule has 0 atom stereocenters. The minimum atomic E-state index is -0.293. The number of methoxy groups -OCH3 is 1. The Hall–Kier alpha value is -2.44. The topological polar surface area (TPSA) is 50.4 Å². The summed E-state index contributed by atoms with van der Waals surface area (Å²) in [6, 6.07) is 14.3. The van der Waals surface area contributed by atoms with Crippen molar-refractivity contribution in [1.29, 1.82) is 0 Å². The van der Waals surface area contributed by atoms with Crippen LogP contribution in [0.5, 0.6) is 0 Å². The number of esters is 1. The largest absolute Gasteiger partial charge is 0.465 e. The number of ether oxygens (including phenoxy) is 1. The third-order valence-electron chi connectivity index (χ3n) is 5.30. The molecule has 4 nitrogen and oxygen atoms in total. The van der Waals surface area contributed by atoms with Gasteiger partial charge in [-0.15, -0.1) is 11.3 Å². The van der Waals surface area contributed by atoms with E-state index in [1.807, 2.05) is 18.2 Å². The van der Waals surface area contributed by atoms with E-state index < -0.39 is 0 Å². The molecule has 1 heterocycles. The van der Waals surface area contributed by atoms with Gasteiger partial charge in [-0.05, 0) is 66.4 Å². The van der Waals surface area contributed by atoms with Gasteiger partial charge >= 0.3 is 5.97 Å². The van der Waals surface area contributed by atoms with Crippen LogP contribution in [0.25, 0.3) is 10.8 Å². The van der Waals surface area contributed by atoms with E-state index in [2.05, 4.69) is 34.9 Å². The van der Waals surface area contributed by atoms with E-state index in [1.165, 1.54) is 30.2 Å². The van der Waals surface area contributed by atoms with Gasteiger partial charge in [0.15, 0.2) is 5.11 Å². The van der Waals surface area contributed by atoms with Crippen molar-refractivity contribution in [2.75, 3.05) is 17.7 Å². The maximum Gasteiger partial charge on any atom is 0.341 e. The van der Waals surface area contributed by atoms with Gasteiger partial charge in [-0.25, -0.2) is 4.79 Å². The molecule has 150 valence electrons. The maximum absolute atomic E-state index is 12.5. The summed E-state index contributed by atoms with van der Waals surface area (Å²) in [4.78, 5) is 13.8. The van der Waals surface area contributed by atoms with Crippen LogP contribution in [0, 0.1) is 0 Å². The summed E-state index contributed by atoms with van der Waals surface area (Å²) >= 11 is 7.18. The van der Waals surface area contributed by atoms with Gasteiger partial charge in [0.05, 0.1) is 12.7 Å². The molecule has 0 saturated carbocycles. The Morgan fingerprint density at radius 2 is 1.76 bits per heavy atom. The minimum absolute atomic E-state index is 0.293. The van der Waals surface area contributed by atoms with Crippen molar-refractivity contribution in [3.05, 3.63) is 58.5 Å². The summed E-state index contributed by atoms with van der Waals surface area (Å²) < 4.78 is 5.09. The van der Waals surface area contributed by atoms with E-state index in [1.54, 1.807) is 11.3 Å². The highest BCUT2D eigenvalue weighted by molar-refractivity contribution is 7.80. The smallest absolute Gasteiger partial charge is 0.341 e. The molecule has 0 spiro atoms. The molecular weight excluding hydrogens is 400 g/mol. The molecule has 2 N–H and O–H groups in total. The first-order chi connectivity index (χ1) is 14.2. The summed E-state index contributed by atoms with van der Waals surface area (Å²) in [6.07, 6.45) is 6.65. The Labute approximate surface area is 180 Å². The van der Waals surface area contributed by atoms with Crippen LogP contribution in [-0.4, -0.2) is 18.2 Å². The first-order valence-corrected chi connectivity index (χ1v) is 11.2. The van der Waals surface area contributed by atoms with E-state index in [0.29, 0.717) is 10.7 Å². The van der Waals surface area contributed by atoms with E-state index >= 15 is 0 Å². The summed E-state index contributed by atoms with van der Waals surface area (Å²) in [6.45, 7) is 0. The van der Waals surface area contributed by atoms with Gasteiger partial charge in [-0.1, -0.05) is 43.2 Å². The number of carbonyl (C=O) groups excluding carboxylic acids is 1. The van der Waals surface area contributed by atoms with Crippen LogP contribution < -0.4 is 10.6 Å². The fourth-order valence-corrected chi connectivity index (χ4v) is 5.42. The van der Waals surface area contributed by atoms with E-state index in [9.17, 15) is 4.79 Å². The van der Waals surface area contributed by atoms with Crippen LogP contribution in [0.2, 0.25) is 0 Å². The van der Waals surface area contributed by atoms with Crippen molar-refractivity contribution in [3.63, 3.8) is 0 Å². The number of rotatable bonds is 3. The zero-order valence-electron chi connectivity index (χ0n) is 16.4. The SMILES string of the molecule is COC(=O)c1c(NC(=S)Nc2ccc3ccccc3c2)sc2c1CCCCCC2. The number of carbonyl (C=O) groups is 1. The number of thiophene rings is 1. The lowest BCUT2D eigenvalue weighted by Gasteiger charge is -2.12. The van der Waals surface area contributed by atoms with Crippen LogP contribution in [0.4, 0.5) is 10.7 Å². The maximum atomic E-state index is 12.5. The zero-order chi connectivity index (χ0) is 20.2. The molecule has 0 amide bonds. The first kappa shape index (κ1) is 19.9. The van der Waals surface area contributed by atoms with Crippen molar-refractivity contribution in [1.82, 2.24) is 0 Å². The number of hydrogen-bond acceptors (Lipinski definition) is 4. The lowest BCUT2D eigenvalue weighted by Crippen LogP contribution is -2.20. The van der Waals surface area contributed by atoms with Gasteiger partial charge < -0.3 is 15.4 Å². The number of benzene rings is 2. The van der Waals surface area contributed by atoms with Crippen LogP contribution in [0.15, 0.2) is 42.5 Å². The molecule has 2 aromatic carbocycles. The Balaban J connectivity index is 1.57. The Morgan fingerprint density at radius 1 is 1.00 bits per heavy atom. The molecule has 1 aromatic heterocycles. The molecule has 0 radical (unpaired) electrons. The second-order valence-electron chi connectivity index (χ2n) is 7.25. The van der Waals surface area contributed by atoms with Crippen molar-refractivity contribution in [2.24, 2.45) is 0 Å². The summed E-state index contributed by atoms with van der Waals surface area (Å²) in [5.41, 5.74) is 2.70. The van der Waals surface area contributed by atoms with Crippen molar-refractivity contribution < 1.29 is 9.53 Å². The predicted molar refractivity (Wildman–Crippen MR) is 125 cm³/mol. The molecule has 0 saturated heterocycles. The second kappa shape index (κ2) is 8.93. The average molecular weight is 425 g/mol. The number of anilines is 2. The third kappa shape index (κ3) is 4.43. The van der Waals surface area contributed by atoms with E-state index in [4.69, 9.17) is 17.0 Å². The molecule has 0 aliphatic heterocycles. The van der Waals surface area contributed by atoms with Gasteiger partial charge in [0.1, 0.15) is 5.00 Å². The molecule has 0 bridgehead atoms. The van der Waals surface area contributed by atoms with Crippen molar-refractivity contribution in [3.8, 4) is 0 Å². The Kier molecular flexibility index (Phi) is 6.11. The number of nitrogens with one attached hydrogen (secondary N) is 2. The second-order valence-corrected chi connectivity index (χ2v) is 8.77. The van der Waals surface area contributed by atoms with Gasteiger partial charge in [0.2, 0.25) is 0 Å². The van der Waals surface area contributed by atoms with Crippen LogP contribution >= 0.6 is 23.6 Å². The van der Waals surface area contributed by atoms with Gasteiger partial charge in [0, 0.05) is 10.6 Å². The highest BCUT2D eigenvalue weighted by Crippen LogP contribution is 2.37. The lowest BCUT2D eigenvalue weighted by molar-refractivity contribution is 0.0601. The quantitative estimate of drug-likeness (QED) is 0.390. The van der Waals surface area contributed by atoms with Crippen LogP contribution in [-0.2, 0) is 17.6 Å². The number of fused-ring (bicyclic) bond motifs is 2. The number of thiocarbonyl (C=S) groups is 1. The molecule has 0 unspecified atom stereocenters.